The van der Waals surface area contributed by atoms with Crippen LogP contribution in [0.15, 0.2) is 95.1 Å². The summed E-state index contributed by atoms with van der Waals surface area (Å²) in [6, 6.07) is 31.3. The molecule has 7 rings (SSSR count). The zero-order valence-corrected chi connectivity index (χ0v) is 26.0. The molecular formula is C36H30IrNO3-. The van der Waals surface area contributed by atoms with Gasteiger partial charge in [-0.15, -0.1) is 17.7 Å². The Labute approximate surface area is 253 Å². The maximum Gasteiger partial charge on any atom is 0.155 e. The monoisotopic (exact) mass is 717 g/mol. The van der Waals surface area contributed by atoms with E-state index in [0.29, 0.717) is 0 Å². The molecule has 2 aromatic heterocycles. The largest absolute Gasteiger partial charge is 0.512 e. The third kappa shape index (κ3) is 4.90. The normalized spacial score (nSPS) is 13.3. The van der Waals surface area contributed by atoms with Gasteiger partial charge in [-0.3, -0.25) is 9.78 Å². The molecule has 41 heavy (non-hydrogen) atoms. The van der Waals surface area contributed by atoms with E-state index < -0.39 is 0 Å². The molecule has 4 aromatic carbocycles. The molecule has 1 aliphatic carbocycles. The number of carbonyl (C=O) groups excluding carboxylic acids is 1. The molecule has 6 aromatic rings. The van der Waals surface area contributed by atoms with Crippen LogP contribution in [0.3, 0.4) is 0 Å². The number of aromatic nitrogens is 1. The number of furan rings is 1. The van der Waals surface area contributed by atoms with Crippen molar-refractivity contribution in [2.24, 2.45) is 0 Å². The van der Waals surface area contributed by atoms with Crippen LogP contribution in [-0.4, -0.2) is 15.9 Å². The number of allylic oxidation sites excluding steroid dienone is 2. The van der Waals surface area contributed by atoms with E-state index in [4.69, 9.17) is 14.5 Å². The number of hydrogen-bond acceptors (Lipinski definition) is 4. The fourth-order valence-electron chi connectivity index (χ4n) is 5.81. The number of aliphatic hydroxyl groups excluding tert-OH is 1. The van der Waals surface area contributed by atoms with Crippen LogP contribution in [0.5, 0.6) is 0 Å². The number of pyridine rings is 1. The van der Waals surface area contributed by atoms with Crippen molar-refractivity contribution in [1.29, 1.82) is 0 Å². The van der Waals surface area contributed by atoms with E-state index in [2.05, 4.69) is 87.5 Å². The van der Waals surface area contributed by atoms with Crippen molar-refractivity contribution < 1.29 is 34.4 Å². The van der Waals surface area contributed by atoms with Gasteiger partial charge in [0.25, 0.3) is 0 Å². The molecule has 1 N–H and O–H groups in total. The molecule has 0 spiro atoms. The molecule has 0 amide bonds. The smallest absolute Gasteiger partial charge is 0.155 e. The first-order valence-corrected chi connectivity index (χ1v) is 13.4. The molecule has 1 aliphatic rings. The second-order valence-electron chi connectivity index (χ2n) is 11.0. The third-order valence-corrected chi connectivity index (χ3v) is 7.63. The number of carbonyl (C=O) groups is 1. The summed E-state index contributed by atoms with van der Waals surface area (Å²) in [7, 11) is 0. The van der Waals surface area contributed by atoms with Crippen molar-refractivity contribution in [3.8, 4) is 22.4 Å². The fourth-order valence-corrected chi connectivity index (χ4v) is 5.81. The number of hydrogen-bond donors (Lipinski definition) is 1. The number of ketones is 1. The second kappa shape index (κ2) is 10.7. The van der Waals surface area contributed by atoms with Gasteiger partial charge in [-0.25, -0.2) is 0 Å². The van der Waals surface area contributed by atoms with Crippen LogP contribution in [0.25, 0.3) is 55.2 Å². The summed E-state index contributed by atoms with van der Waals surface area (Å²) in [4.78, 5) is 15.2. The van der Waals surface area contributed by atoms with E-state index in [0.717, 1.165) is 44.5 Å². The van der Waals surface area contributed by atoms with Gasteiger partial charge in [0, 0.05) is 37.2 Å². The van der Waals surface area contributed by atoms with Crippen LogP contribution in [0.2, 0.25) is 0 Å². The zero-order chi connectivity index (χ0) is 28.2. The minimum Gasteiger partial charge on any atom is -0.512 e. The molecule has 0 fully saturated rings. The predicted molar refractivity (Wildman–Crippen MR) is 163 cm³/mol. The molecule has 0 bridgehead atoms. The van der Waals surface area contributed by atoms with Crippen LogP contribution in [0, 0.1) is 13.0 Å². The fraction of sp³-hybridized carbons (Fsp3) is 0.167. The van der Waals surface area contributed by atoms with Gasteiger partial charge in [-0.1, -0.05) is 91.0 Å². The van der Waals surface area contributed by atoms with Gasteiger partial charge in [0.05, 0.1) is 16.9 Å². The standard InChI is InChI=1S/C31H22NO.C5H8O2.Ir/c1-18-12-15-25-20(16-18)17-24-29(32-25)22-10-7-11-26-27(22)28-23(31(24,2)3)14-13-21(30(28)33-26)19-8-5-4-6-9-19;1-4(6)3-5(2)7;/h4-9,11-17H,1-3H3;3,6H,1-2H3;/q-1;;/b;4-3-;. The minimum absolute atomic E-state index is 0. The van der Waals surface area contributed by atoms with Crippen LogP contribution in [-0.2, 0) is 30.3 Å². The van der Waals surface area contributed by atoms with Crippen LogP contribution < -0.4 is 0 Å². The Bertz CT molecular complexity index is 1980. The van der Waals surface area contributed by atoms with E-state index in [9.17, 15) is 4.79 Å². The summed E-state index contributed by atoms with van der Waals surface area (Å²) in [6.07, 6.45) is 1.17. The number of nitrogens with zero attached hydrogens (tertiary/aromatic N) is 1. The van der Waals surface area contributed by atoms with Crippen molar-refractivity contribution in [1.82, 2.24) is 4.98 Å². The van der Waals surface area contributed by atoms with E-state index in [1.807, 2.05) is 18.2 Å². The maximum absolute atomic E-state index is 10.0. The maximum atomic E-state index is 10.0. The summed E-state index contributed by atoms with van der Waals surface area (Å²) in [5.41, 5.74) is 10.6. The quantitative estimate of drug-likeness (QED) is 0.110. The molecule has 5 heteroatoms. The third-order valence-electron chi connectivity index (χ3n) is 7.63. The van der Waals surface area contributed by atoms with E-state index in [1.54, 1.807) is 0 Å². The van der Waals surface area contributed by atoms with Crippen LogP contribution in [0.4, 0.5) is 0 Å². The molecule has 0 unspecified atom stereocenters. The summed E-state index contributed by atoms with van der Waals surface area (Å²) in [6.45, 7) is 9.59. The number of fused-ring (bicyclic) bond motifs is 3. The molecule has 0 saturated heterocycles. The minimum atomic E-state index is -0.253. The summed E-state index contributed by atoms with van der Waals surface area (Å²) in [5, 5.41) is 11.8. The van der Waals surface area contributed by atoms with Gasteiger partial charge in [-0.05, 0) is 60.5 Å². The number of aliphatic hydroxyl groups is 1. The first-order chi connectivity index (χ1) is 19.1. The first kappa shape index (κ1) is 28.5. The SMILES string of the molecule is CC(=O)/C=C(/C)O.Cc1ccc2nc3c(cc2c1)C(C)(C)c1ccc(-c2ccccc2)c2oc4cc[c-]c-3c4c12.[Ir]. The predicted octanol–water partition coefficient (Wildman–Crippen LogP) is 9.25. The Morgan fingerprint density at radius 3 is 2.39 bits per heavy atom. The molecule has 207 valence electrons. The van der Waals surface area contributed by atoms with E-state index in [1.165, 1.54) is 47.4 Å². The van der Waals surface area contributed by atoms with Crippen LogP contribution in [0.1, 0.15) is 44.4 Å². The molecule has 1 radical (unpaired) electrons. The second-order valence-corrected chi connectivity index (χ2v) is 11.0. The molecule has 2 heterocycles. The van der Waals surface area contributed by atoms with E-state index in [-0.39, 0.29) is 37.1 Å². The average Bonchev–Trinajstić information content (AvgIpc) is 3.28. The topological polar surface area (TPSA) is 63.3 Å². The Morgan fingerprint density at radius 1 is 0.951 bits per heavy atom. The van der Waals surface area contributed by atoms with Crippen molar-refractivity contribution in [3.63, 3.8) is 0 Å². The van der Waals surface area contributed by atoms with Gasteiger partial charge in [-0.2, -0.15) is 0 Å². The van der Waals surface area contributed by atoms with Gasteiger partial charge in [0.1, 0.15) is 5.58 Å². The van der Waals surface area contributed by atoms with E-state index >= 15 is 0 Å². The molecule has 0 saturated carbocycles. The number of benzene rings is 4. The van der Waals surface area contributed by atoms with Crippen molar-refractivity contribution in [2.45, 2.75) is 40.0 Å². The number of rotatable bonds is 2. The Hall–Kier alpha value is -4.05. The Morgan fingerprint density at radius 2 is 1.71 bits per heavy atom. The molecular weight excluding hydrogens is 687 g/mol. The molecule has 0 aliphatic heterocycles. The van der Waals surface area contributed by atoms with Gasteiger partial charge < -0.3 is 9.52 Å². The average molecular weight is 717 g/mol. The molecule has 4 nitrogen and oxygen atoms in total. The van der Waals surface area contributed by atoms with Crippen LogP contribution >= 0.6 is 0 Å². The zero-order valence-electron chi connectivity index (χ0n) is 23.6. The summed E-state index contributed by atoms with van der Waals surface area (Å²) < 4.78 is 6.56. The van der Waals surface area contributed by atoms with Crippen molar-refractivity contribution >= 4 is 38.6 Å². The first-order valence-electron chi connectivity index (χ1n) is 13.4. The van der Waals surface area contributed by atoms with Gasteiger partial charge in [0.15, 0.2) is 5.78 Å². The summed E-state index contributed by atoms with van der Waals surface area (Å²) >= 11 is 0. The Balaban J connectivity index is 0.000000379. The van der Waals surface area contributed by atoms with Gasteiger partial charge in [0.2, 0.25) is 0 Å². The summed E-state index contributed by atoms with van der Waals surface area (Å²) in [5.74, 6) is -0.0625. The van der Waals surface area contributed by atoms with Crippen molar-refractivity contribution in [3.05, 3.63) is 113 Å². The number of aryl methyl sites for hydroxylation is 1. The van der Waals surface area contributed by atoms with Crippen molar-refractivity contribution in [2.75, 3.05) is 0 Å². The van der Waals surface area contributed by atoms with Gasteiger partial charge >= 0.3 is 0 Å². The molecule has 0 atom stereocenters. The Kier molecular flexibility index (Phi) is 7.46.